The summed E-state index contributed by atoms with van der Waals surface area (Å²) in [5, 5.41) is 13.5. The molecule has 0 unspecified atom stereocenters. The van der Waals surface area contributed by atoms with E-state index < -0.39 is 0 Å². The molecule has 0 saturated heterocycles. The molecular weight excluding hydrogens is 343 g/mol. The Kier molecular flexibility index (Phi) is 5.41. The van der Waals surface area contributed by atoms with Crippen molar-refractivity contribution in [3.8, 4) is 0 Å². The lowest BCUT2D eigenvalue weighted by Crippen LogP contribution is -2.27. The van der Waals surface area contributed by atoms with E-state index in [9.17, 15) is 9.59 Å². The number of carbonyl (C=O) groups is 2. The van der Waals surface area contributed by atoms with E-state index in [4.69, 9.17) is 23.2 Å². The van der Waals surface area contributed by atoms with E-state index in [1.165, 1.54) is 21.8 Å². The van der Waals surface area contributed by atoms with E-state index in [2.05, 4.69) is 20.9 Å². The molecule has 0 aliphatic rings. The van der Waals surface area contributed by atoms with Crippen LogP contribution in [0.1, 0.15) is 0 Å². The van der Waals surface area contributed by atoms with Gasteiger partial charge >= 0.3 is 6.03 Å². The maximum atomic E-state index is 12.0. The molecule has 2 rings (SSSR count). The average molecular weight is 357 g/mol. The lowest BCUT2D eigenvalue weighted by Gasteiger charge is -2.09. The average Bonchev–Trinajstić information content (AvgIpc) is 2.89. The Hall–Kier alpha value is -2.32. The third kappa shape index (κ3) is 4.83. The molecule has 1 aromatic carbocycles. The molecule has 23 heavy (non-hydrogen) atoms. The highest BCUT2D eigenvalue weighted by Crippen LogP contribution is 2.25. The van der Waals surface area contributed by atoms with Gasteiger partial charge in [0.1, 0.15) is 6.54 Å². The molecule has 0 aliphatic heterocycles. The number of rotatable bonds is 4. The van der Waals surface area contributed by atoms with Crippen molar-refractivity contribution in [1.29, 1.82) is 0 Å². The van der Waals surface area contributed by atoms with Gasteiger partial charge in [-0.15, -0.1) is 5.10 Å². The molecule has 2 aromatic rings. The molecule has 0 aliphatic carbocycles. The highest BCUT2D eigenvalue weighted by atomic mass is 35.5. The van der Waals surface area contributed by atoms with Gasteiger partial charge in [0.05, 0.1) is 16.9 Å². The summed E-state index contributed by atoms with van der Waals surface area (Å²) >= 11 is 11.8. The van der Waals surface area contributed by atoms with E-state index in [1.807, 2.05) is 0 Å². The molecule has 1 aromatic heterocycles. The van der Waals surface area contributed by atoms with Crippen LogP contribution in [0.4, 0.5) is 16.3 Å². The van der Waals surface area contributed by atoms with Gasteiger partial charge in [-0.1, -0.05) is 28.4 Å². The van der Waals surface area contributed by atoms with Crippen LogP contribution in [-0.4, -0.2) is 45.9 Å². The normalized spacial score (nSPS) is 10.3. The fraction of sp³-hybridized carbons (Fsp3) is 0.231. The van der Waals surface area contributed by atoms with E-state index in [-0.39, 0.29) is 24.3 Å². The largest absolute Gasteiger partial charge is 0.331 e. The summed E-state index contributed by atoms with van der Waals surface area (Å²) in [6.45, 7) is -0.0796. The summed E-state index contributed by atoms with van der Waals surface area (Å²) in [5.41, 5.74) is 0.447. The first-order chi connectivity index (χ1) is 10.8. The van der Waals surface area contributed by atoms with Crippen molar-refractivity contribution in [3.63, 3.8) is 0 Å². The van der Waals surface area contributed by atoms with E-state index in [1.54, 1.807) is 26.2 Å². The van der Waals surface area contributed by atoms with Gasteiger partial charge in [-0.2, -0.15) is 0 Å². The Labute approximate surface area is 142 Å². The van der Waals surface area contributed by atoms with E-state index in [0.717, 1.165) is 0 Å². The van der Waals surface area contributed by atoms with Crippen molar-refractivity contribution in [1.82, 2.24) is 19.9 Å². The van der Waals surface area contributed by atoms with Gasteiger partial charge in [0, 0.05) is 19.1 Å². The Morgan fingerprint density at radius 3 is 2.65 bits per heavy atom. The van der Waals surface area contributed by atoms with Crippen LogP contribution in [0.25, 0.3) is 0 Å². The smallest absolute Gasteiger partial charge is 0.322 e. The van der Waals surface area contributed by atoms with Crippen LogP contribution in [0.15, 0.2) is 24.4 Å². The predicted molar refractivity (Wildman–Crippen MR) is 87.8 cm³/mol. The molecule has 0 saturated carbocycles. The van der Waals surface area contributed by atoms with Crippen molar-refractivity contribution in [2.24, 2.45) is 0 Å². The van der Waals surface area contributed by atoms with Gasteiger partial charge in [-0.3, -0.25) is 10.1 Å². The number of urea groups is 1. The van der Waals surface area contributed by atoms with Gasteiger partial charge in [0.25, 0.3) is 0 Å². The molecule has 0 atom stereocenters. The van der Waals surface area contributed by atoms with Gasteiger partial charge in [0.2, 0.25) is 5.91 Å². The van der Waals surface area contributed by atoms with Crippen LogP contribution in [0, 0.1) is 0 Å². The quantitative estimate of drug-likeness (QED) is 0.878. The Bertz CT molecular complexity index is 731. The molecule has 0 fully saturated rings. The van der Waals surface area contributed by atoms with Crippen LogP contribution in [0.2, 0.25) is 10.0 Å². The molecular formula is C13H14Cl2N6O2. The number of hydrogen-bond donors (Lipinski definition) is 2. The number of aromatic nitrogens is 3. The second-order valence-electron chi connectivity index (χ2n) is 4.80. The monoisotopic (exact) mass is 356 g/mol. The first-order valence-electron chi connectivity index (χ1n) is 6.48. The van der Waals surface area contributed by atoms with Gasteiger partial charge in [-0.05, 0) is 18.2 Å². The van der Waals surface area contributed by atoms with Crippen LogP contribution in [0.3, 0.4) is 0 Å². The number of nitrogens with one attached hydrogen (secondary N) is 2. The number of anilines is 2. The van der Waals surface area contributed by atoms with E-state index in [0.29, 0.717) is 15.7 Å². The number of carbonyl (C=O) groups excluding carboxylic acids is 2. The summed E-state index contributed by atoms with van der Waals surface area (Å²) in [6.07, 6.45) is 1.45. The Morgan fingerprint density at radius 2 is 2.00 bits per heavy atom. The lowest BCUT2D eigenvalue weighted by atomic mass is 10.3. The van der Waals surface area contributed by atoms with Crippen molar-refractivity contribution in [2.75, 3.05) is 24.7 Å². The minimum absolute atomic E-state index is 0.0796. The number of hydrogen-bond acceptors (Lipinski definition) is 4. The maximum Gasteiger partial charge on any atom is 0.322 e. The molecule has 1 heterocycles. The lowest BCUT2D eigenvalue weighted by molar-refractivity contribution is -0.116. The second-order valence-corrected chi connectivity index (χ2v) is 5.64. The maximum absolute atomic E-state index is 12.0. The SMILES string of the molecule is CN(C)C(=O)Nc1cn(CC(=O)Nc2ccc(Cl)cc2Cl)nn1. The standard InChI is InChI=1S/C13H14Cl2N6O2/c1-20(2)13(23)17-11-6-21(19-18-11)7-12(22)16-10-4-3-8(14)5-9(10)15/h3-6H,7H2,1-2H3,(H,16,22)(H,17,23). The molecule has 122 valence electrons. The first-order valence-corrected chi connectivity index (χ1v) is 7.24. The summed E-state index contributed by atoms with van der Waals surface area (Å²) in [4.78, 5) is 24.8. The zero-order chi connectivity index (χ0) is 17.0. The number of nitrogens with zero attached hydrogens (tertiary/aromatic N) is 4. The Balaban J connectivity index is 1.95. The van der Waals surface area contributed by atoms with Crippen LogP contribution in [-0.2, 0) is 11.3 Å². The van der Waals surface area contributed by atoms with Crippen LogP contribution >= 0.6 is 23.2 Å². The van der Waals surface area contributed by atoms with Crippen molar-refractivity contribution >= 4 is 46.6 Å². The molecule has 2 N–H and O–H groups in total. The zero-order valence-electron chi connectivity index (χ0n) is 12.4. The van der Waals surface area contributed by atoms with Gasteiger partial charge in [0.15, 0.2) is 5.82 Å². The molecule has 0 radical (unpaired) electrons. The molecule has 3 amide bonds. The second kappa shape index (κ2) is 7.30. The highest BCUT2D eigenvalue weighted by molar-refractivity contribution is 6.36. The third-order valence-electron chi connectivity index (χ3n) is 2.69. The summed E-state index contributed by atoms with van der Waals surface area (Å²) in [5.74, 6) is -0.0920. The van der Waals surface area contributed by atoms with Crippen molar-refractivity contribution < 1.29 is 9.59 Å². The highest BCUT2D eigenvalue weighted by Gasteiger charge is 2.11. The minimum Gasteiger partial charge on any atom is -0.331 e. The minimum atomic E-state index is -0.343. The topological polar surface area (TPSA) is 92.2 Å². The number of halogens is 2. The molecule has 0 bridgehead atoms. The van der Waals surface area contributed by atoms with E-state index >= 15 is 0 Å². The van der Waals surface area contributed by atoms with Crippen molar-refractivity contribution in [2.45, 2.75) is 6.54 Å². The summed E-state index contributed by atoms with van der Waals surface area (Å²) in [7, 11) is 3.20. The van der Waals surface area contributed by atoms with Crippen LogP contribution in [0.5, 0.6) is 0 Å². The summed E-state index contributed by atoms with van der Waals surface area (Å²) in [6, 6.07) is 4.41. The van der Waals surface area contributed by atoms with Gasteiger partial charge < -0.3 is 10.2 Å². The predicted octanol–water partition coefficient (Wildman–Crippen LogP) is 2.32. The molecule has 10 heteroatoms. The molecule has 8 nitrogen and oxygen atoms in total. The summed E-state index contributed by atoms with van der Waals surface area (Å²) < 4.78 is 1.30. The van der Waals surface area contributed by atoms with Crippen LogP contribution < -0.4 is 10.6 Å². The van der Waals surface area contributed by atoms with Crippen molar-refractivity contribution in [3.05, 3.63) is 34.4 Å². The molecule has 0 spiro atoms. The zero-order valence-corrected chi connectivity index (χ0v) is 13.9. The number of amides is 3. The third-order valence-corrected chi connectivity index (χ3v) is 3.24. The number of benzene rings is 1. The van der Waals surface area contributed by atoms with Gasteiger partial charge in [-0.25, -0.2) is 9.48 Å². The first kappa shape index (κ1) is 17.0. The fourth-order valence-corrected chi connectivity index (χ4v) is 2.04. The Morgan fingerprint density at radius 1 is 1.26 bits per heavy atom. The fourth-order valence-electron chi connectivity index (χ4n) is 1.58.